The number of benzene rings is 2. The summed E-state index contributed by atoms with van der Waals surface area (Å²) in [5, 5.41) is 0. The lowest BCUT2D eigenvalue weighted by atomic mass is 9.64. The standard InChI is InChI=1S/C30H37N3O.BrH/c1-23-32(22-24-11-5-2-6-12-24)19-20-33(23)28-18-17-27(21-28)30(29(31)34,25-13-7-3-8-14-25)26-15-9-4-10-16-26;/h3-4,7-10,13-16,19-20,24,27-28H,2,5-6,11-12,17-18,21-22H2,1H3,(H-,31,34);1H. The molecule has 2 aromatic carbocycles. The van der Waals surface area contributed by atoms with Crippen LogP contribution in [-0.2, 0) is 16.8 Å². The van der Waals surface area contributed by atoms with Crippen LogP contribution in [0.5, 0.6) is 0 Å². The third-order valence-corrected chi connectivity index (χ3v) is 8.63. The SMILES string of the molecule is Cc1n(C2CCC(C(C(N)=O)(c3ccccc3)c3ccccc3)C2)cc[n+]1CC1CCCCC1.[Br-]. The number of aromatic nitrogens is 2. The number of nitrogens with zero attached hydrogens (tertiary/aromatic N) is 2. The van der Waals surface area contributed by atoms with E-state index in [-0.39, 0.29) is 28.8 Å². The van der Waals surface area contributed by atoms with E-state index in [4.69, 9.17) is 5.73 Å². The number of primary amides is 1. The molecular weight excluding hydrogens is 498 g/mol. The molecule has 0 bridgehead atoms. The van der Waals surface area contributed by atoms with Gasteiger partial charge in [-0.2, -0.15) is 0 Å². The summed E-state index contributed by atoms with van der Waals surface area (Å²) in [7, 11) is 0. The Morgan fingerprint density at radius 3 is 2.11 bits per heavy atom. The number of nitrogens with two attached hydrogens (primary N) is 1. The summed E-state index contributed by atoms with van der Waals surface area (Å²) in [6.07, 6.45) is 14.4. The minimum absolute atomic E-state index is 0. The fourth-order valence-electron chi connectivity index (χ4n) is 6.87. The van der Waals surface area contributed by atoms with E-state index in [1.54, 1.807) is 0 Å². The van der Waals surface area contributed by atoms with E-state index in [1.807, 2.05) is 36.4 Å². The summed E-state index contributed by atoms with van der Waals surface area (Å²) in [6.45, 7) is 3.39. The number of halogens is 1. The molecule has 2 aliphatic carbocycles. The van der Waals surface area contributed by atoms with Gasteiger partial charge in [0.1, 0.15) is 23.9 Å². The Morgan fingerprint density at radius 1 is 0.943 bits per heavy atom. The average molecular weight is 537 g/mol. The van der Waals surface area contributed by atoms with Gasteiger partial charge in [0, 0.05) is 6.92 Å². The number of carbonyl (C=O) groups excluding carboxylic acids is 1. The maximum atomic E-state index is 13.4. The van der Waals surface area contributed by atoms with E-state index in [0.29, 0.717) is 6.04 Å². The van der Waals surface area contributed by atoms with E-state index in [2.05, 4.69) is 52.7 Å². The third-order valence-electron chi connectivity index (χ3n) is 8.63. The maximum absolute atomic E-state index is 13.4. The van der Waals surface area contributed by atoms with Crippen LogP contribution in [0.4, 0.5) is 0 Å². The van der Waals surface area contributed by atoms with Gasteiger partial charge in [0.05, 0.1) is 6.54 Å². The van der Waals surface area contributed by atoms with Gasteiger partial charge in [-0.05, 0) is 55.1 Å². The lowest BCUT2D eigenvalue weighted by molar-refractivity contribution is -0.709. The molecule has 2 aliphatic rings. The molecule has 0 aliphatic heterocycles. The van der Waals surface area contributed by atoms with Crippen LogP contribution in [0.1, 0.15) is 74.4 Å². The summed E-state index contributed by atoms with van der Waals surface area (Å²) in [4.78, 5) is 13.4. The fraction of sp³-hybridized carbons (Fsp3) is 0.467. The molecule has 1 amide bonds. The Kier molecular flexibility index (Phi) is 8.16. The highest BCUT2D eigenvalue weighted by atomic mass is 79.9. The molecule has 5 rings (SSSR count). The Balaban J connectivity index is 0.00000289. The highest BCUT2D eigenvalue weighted by Gasteiger charge is 2.51. The Morgan fingerprint density at radius 2 is 1.54 bits per heavy atom. The Bertz CT molecular complexity index is 1070. The zero-order valence-electron chi connectivity index (χ0n) is 20.8. The highest BCUT2D eigenvalue weighted by molar-refractivity contribution is 5.91. The summed E-state index contributed by atoms with van der Waals surface area (Å²) in [5.74, 6) is 2.06. The van der Waals surface area contributed by atoms with Crippen molar-refractivity contribution in [3.63, 3.8) is 0 Å². The van der Waals surface area contributed by atoms with Gasteiger partial charge >= 0.3 is 0 Å². The summed E-state index contributed by atoms with van der Waals surface area (Å²) in [5.41, 5.74) is 7.50. The second-order valence-electron chi connectivity index (χ2n) is 10.5. The molecule has 0 radical (unpaired) electrons. The van der Waals surface area contributed by atoms with E-state index >= 15 is 0 Å². The predicted octanol–water partition coefficient (Wildman–Crippen LogP) is 2.48. The van der Waals surface area contributed by atoms with Gasteiger partial charge in [-0.25, -0.2) is 9.13 Å². The van der Waals surface area contributed by atoms with Crippen LogP contribution in [0.15, 0.2) is 73.1 Å². The van der Waals surface area contributed by atoms with Gasteiger partial charge in [0.25, 0.3) is 5.82 Å². The topological polar surface area (TPSA) is 51.9 Å². The summed E-state index contributed by atoms with van der Waals surface area (Å²) >= 11 is 0. The molecule has 1 heterocycles. The normalized spacial score (nSPS) is 20.9. The quantitative estimate of drug-likeness (QED) is 0.464. The number of imidazole rings is 1. The molecule has 1 aromatic heterocycles. The van der Waals surface area contributed by atoms with Gasteiger partial charge < -0.3 is 22.7 Å². The molecular formula is C30H38BrN3O. The zero-order valence-corrected chi connectivity index (χ0v) is 22.4. The van der Waals surface area contributed by atoms with Crippen molar-refractivity contribution in [3.8, 4) is 0 Å². The van der Waals surface area contributed by atoms with Gasteiger partial charge in [-0.3, -0.25) is 4.79 Å². The highest BCUT2D eigenvalue weighted by Crippen LogP contribution is 2.50. The summed E-state index contributed by atoms with van der Waals surface area (Å²) < 4.78 is 4.92. The van der Waals surface area contributed by atoms with E-state index in [9.17, 15) is 4.79 Å². The number of carbonyl (C=O) groups is 1. The first-order valence-corrected chi connectivity index (χ1v) is 13.1. The fourth-order valence-corrected chi connectivity index (χ4v) is 6.87. The van der Waals surface area contributed by atoms with Crippen molar-refractivity contribution in [3.05, 3.63) is 90.0 Å². The van der Waals surface area contributed by atoms with Crippen LogP contribution in [-0.4, -0.2) is 10.5 Å². The van der Waals surface area contributed by atoms with Crippen LogP contribution in [0.3, 0.4) is 0 Å². The van der Waals surface area contributed by atoms with Gasteiger partial charge in [-0.15, -0.1) is 0 Å². The van der Waals surface area contributed by atoms with Crippen LogP contribution < -0.4 is 27.3 Å². The van der Waals surface area contributed by atoms with Gasteiger partial charge in [0.15, 0.2) is 0 Å². The average Bonchev–Trinajstić information content (AvgIpc) is 3.49. The molecule has 35 heavy (non-hydrogen) atoms. The molecule has 0 spiro atoms. The first-order valence-electron chi connectivity index (χ1n) is 13.1. The molecule has 0 saturated heterocycles. The lowest BCUT2D eigenvalue weighted by Crippen LogP contribution is -3.00. The van der Waals surface area contributed by atoms with Crippen molar-refractivity contribution in [2.75, 3.05) is 0 Å². The monoisotopic (exact) mass is 535 g/mol. The molecule has 3 aromatic rings. The molecule has 2 saturated carbocycles. The first-order chi connectivity index (χ1) is 16.6. The minimum atomic E-state index is -0.809. The van der Waals surface area contributed by atoms with Crippen LogP contribution in [0.2, 0.25) is 0 Å². The first kappa shape index (κ1) is 25.7. The van der Waals surface area contributed by atoms with E-state index in [0.717, 1.165) is 42.9 Å². The Labute approximate surface area is 220 Å². The number of hydrogen-bond acceptors (Lipinski definition) is 1. The van der Waals surface area contributed by atoms with Crippen molar-refractivity contribution >= 4 is 5.91 Å². The molecule has 2 fully saturated rings. The third kappa shape index (κ3) is 4.84. The Hall–Kier alpha value is -2.40. The van der Waals surface area contributed by atoms with Crippen molar-refractivity contribution in [2.24, 2.45) is 17.6 Å². The molecule has 2 unspecified atom stereocenters. The number of amides is 1. The van der Waals surface area contributed by atoms with Crippen LogP contribution >= 0.6 is 0 Å². The van der Waals surface area contributed by atoms with Gasteiger partial charge in [-0.1, -0.05) is 79.9 Å². The minimum Gasteiger partial charge on any atom is -1.00 e. The van der Waals surface area contributed by atoms with E-state index in [1.165, 1.54) is 37.9 Å². The van der Waals surface area contributed by atoms with E-state index < -0.39 is 5.41 Å². The largest absolute Gasteiger partial charge is 1.00 e. The van der Waals surface area contributed by atoms with Crippen molar-refractivity contribution in [2.45, 2.75) is 76.3 Å². The molecule has 5 heteroatoms. The van der Waals surface area contributed by atoms with Crippen molar-refractivity contribution in [1.29, 1.82) is 0 Å². The molecule has 2 N–H and O–H groups in total. The van der Waals surface area contributed by atoms with Crippen molar-refractivity contribution in [1.82, 2.24) is 4.57 Å². The zero-order chi connectivity index (χ0) is 23.5. The smallest absolute Gasteiger partial charge is 0.253 e. The van der Waals surface area contributed by atoms with Crippen molar-refractivity contribution < 1.29 is 26.3 Å². The lowest BCUT2D eigenvalue weighted by Gasteiger charge is -2.37. The number of hydrogen-bond donors (Lipinski definition) is 1. The summed E-state index contributed by atoms with van der Waals surface area (Å²) in [6, 6.07) is 20.8. The molecule has 186 valence electrons. The van der Waals surface area contributed by atoms with Crippen LogP contribution in [0, 0.1) is 18.8 Å². The molecule has 4 nitrogen and oxygen atoms in total. The maximum Gasteiger partial charge on any atom is 0.253 e. The predicted molar refractivity (Wildman–Crippen MR) is 135 cm³/mol. The number of rotatable bonds is 7. The second kappa shape index (κ2) is 11.1. The van der Waals surface area contributed by atoms with Crippen LogP contribution in [0.25, 0.3) is 0 Å². The van der Waals surface area contributed by atoms with Gasteiger partial charge in [0.2, 0.25) is 5.91 Å². The molecule has 2 atom stereocenters. The second-order valence-corrected chi connectivity index (χ2v) is 10.5.